The third-order valence-electron chi connectivity index (χ3n) is 1.91. The topological polar surface area (TPSA) is 30.0 Å². The molecule has 6 heteroatoms. The van der Waals surface area contributed by atoms with E-state index < -0.39 is 12.6 Å². The van der Waals surface area contributed by atoms with Gasteiger partial charge < -0.3 is 0 Å². The highest BCUT2D eigenvalue weighted by Crippen LogP contribution is 2.23. The van der Waals surface area contributed by atoms with Crippen molar-refractivity contribution in [2.75, 3.05) is 0 Å². The highest BCUT2D eigenvalue weighted by molar-refractivity contribution is 6.29. The Morgan fingerprint density at radius 3 is 2.69 bits per heavy atom. The number of ketones is 1. The van der Waals surface area contributed by atoms with Crippen LogP contribution in [0.25, 0.3) is 0 Å². The normalized spacial score (nSPS) is 11.5. The van der Waals surface area contributed by atoms with Crippen LogP contribution in [0.5, 0.6) is 0 Å². The molecule has 0 amide bonds. The molecule has 0 aromatic carbocycles. The molecule has 0 fully saturated rings. The summed E-state index contributed by atoms with van der Waals surface area (Å²) >= 11 is 5.55. The second-order valence-electron chi connectivity index (χ2n) is 3.26. The largest absolute Gasteiger partial charge is 0.389 e. The summed E-state index contributed by atoms with van der Waals surface area (Å²) < 4.78 is 35.5. The fourth-order valence-corrected chi connectivity index (χ4v) is 1.34. The van der Waals surface area contributed by atoms with Crippen LogP contribution in [0, 0.1) is 0 Å². The Morgan fingerprint density at radius 1 is 1.44 bits per heavy atom. The van der Waals surface area contributed by atoms with E-state index in [2.05, 4.69) is 4.98 Å². The predicted molar refractivity (Wildman–Crippen MR) is 53.5 cm³/mol. The SMILES string of the molecule is O=C(CCCC(F)(F)F)c1ccnc(Cl)c1. The van der Waals surface area contributed by atoms with Gasteiger partial charge >= 0.3 is 6.18 Å². The van der Waals surface area contributed by atoms with Gasteiger partial charge in [-0.15, -0.1) is 0 Å². The zero-order valence-corrected chi connectivity index (χ0v) is 8.98. The molecule has 0 saturated carbocycles. The molecule has 0 bridgehead atoms. The maximum Gasteiger partial charge on any atom is 0.389 e. The number of halogens is 4. The van der Waals surface area contributed by atoms with Crippen LogP contribution < -0.4 is 0 Å². The van der Waals surface area contributed by atoms with E-state index >= 15 is 0 Å². The fraction of sp³-hybridized carbons (Fsp3) is 0.400. The Hall–Kier alpha value is -1.10. The van der Waals surface area contributed by atoms with E-state index in [4.69, 9.17) is 11.6 Å². The summed E-state index contributed by atoms with van der Waals surface area (Å²) in [6.45, 7) is 0. The van der Waals surface area contributed by atoms with Gasteiger partial charge in [-0.05, 0) is 18.6 Å². The minimum absolute atomic E-state index is 0.139. The molecule has 0 saturated heterocycles. The van der Waals surface area contributed by atoms with Crippen molar-refractivity contribution in [2.24, 2.45) is 0 Å². The van der Waals surface area contributed by atoms with Crippen LogP contribution in [-0.4, -0.2) is 16.9 Å². The molecule has 1 rings (SSSR count). The Balaban J connectivity index is 2.47. The van der Waals surface area contributed by atoms with E-state index in [0.29, 0.717) is 5.56 Å². The van der Waals surface area contributed by atoms with Gasteiger partial charge in [0.25, 0.3) is 0 Å². The van der Waals surface area contributed by atoms with Crippen molar-refractivity contribution in [2.45, 2.75) is 25.4 Å². The molecule has 0 aliphatic rings. The number of Topliss-reactive ketones (excluding diaryl/α,β-unsaturated/α-hetero) is 1. The second-order valence-corrected chi connectivity index (χ2v) is 3.65. The van der Waals surface area contributed by atoms with Crippen LogP contribution in [0.15, 0.2) is 18.3 Å². The number of pyridine rings is 1. The van der Waals surface area contributed by atoms with E-state index in [1.165, 1.54) is 18.3 Å². The first-order valence-corrected chi connectivity index (χ1v) is 4.98. The number of carbonyl (C=O) groups is 1. The second kappa shape index (κ2) is 5.30. The lowest BCUT2D eigenvalue weighted by Crippen LogP contribution is -2.08. The molecular formula is C10H9ClF3NO. The van der Waals surface area contributed by atoms with Gasteiger partial charge in [0, 0.05) is 24.6 Å². The number of carbonyl (C=O) groups excluding carboxylic acids is 1. The first-order valence-electron chi connectivity index (χ1n) is 4.60. The molecule has 0 aliphatic heterocycles. The Labute approximate surface area is 95.4 Å². The van der Waals surface area contributed by atoms with Gasteiger partial charge in [-0.2, -0.15) is 13.2 Å². The summed E-state index contributed by atoms with van der Waals surface area (Å²) in [5, 5.41) is 0.154. The quantitative estimate of drug-likeness (QED) is 0.604. The molecule has 0 radical (unpaired) electrons. The minimum atomic E-state index is -4.21. The van der Waals surface area contributed by atoms with Gasteiger partial charge in [0.05, 0.1) is 0 Å². The number of alkyl halides is 3. The Morgan fingerprint density at radius 2 is 2.12 bits per heavy atom. The molecule has 2 nitrogen and oxygen atoms in total. The number of hydrogen-bond donors (Lipinski definition) is 0. The zero-order valence-electron chi connectivity index (χ0n) is 8.22. The average molecular weight is 252 g/mol. The van der Waals surface area contributed by atoms with Crippen molar-refractivity contribution < 1.29 is 18.0 Å². The molecule has 88 valence electrons. The first-order chi connectivity index (χ1) is 7.38. The van der Waals surface area contributed by atoms with Crippen molar-refractivity contribution in [3.05, 3.63) is 29.0 Å². The van der Waals surface area contributed by atoms with Gasteiger partial charge in [0.1, 0.15) is 5.15 Å². The molecule has 1 aromatic rings. The number of nitrogens with zero attached hydrogens (tertiary/aromatic N) is 1. The van der Waals surface area contributed by atoms with Crippen LogP contribution in [0.3, 0.4) is 0 Å². The van der Waals surface area contributed by atoms with E-state index in [0.717, 1.165) is 0 Å². The standard InChI is InChI=1S/C10H9ClF3NO/c11-9-6-7(3-5-15-9)8(16)2-1-4-10(12,13)14/h3,5-6H,1-2,4H2. The van der Waals surface area contributed by atoms with Crippen molar-refractivity contribution in [3.63, 3.8) is 0 Å². The Kier molecular flexibility index (Phi) is 4.29. The van der Waals surface area contributed by atoms with Crippen molar-refractivity contribution >= 4 is 17.4 Å². The highest BCUT2D eigenvalue weighted by Gasteiger charge is 2.26. The number of aromatic nitrogens is 1. The van der Waals surface area contributed by atoms with Crippen LogP contribution in [0.4, 0.5) is 13.2 Å². The molecular weight excluding hydrogens is 243 g/mol. The van der Waals surface area contributed by atoms with Crippen molar-refractivity contribution in [1.82, 2.24) is 4.98 Å². The summed E-state index contributed by atoms with van der Waals surface area (Å²) in [4.78, 5) is 15.1. The molecule has 0 N–H and O–H groups in total. The Bertz CT molecular complexity index is 379. The summed E-state index contributed by atoms with van der Waals surface area (Å²) in [7, 11) is 0. The molecule has 0 unspecified atom stereocenters. The first kappa shape index (κ1) is 13.0. The summed E-state index contributed by atoms with van der Waals surface area (Å²) in [6, 6.07) is 2.78. The van der Waals surface area contributed by atoms with Crippen LogP contribution in [-0.2, 0) is 0 Å². The fourth-order valence-electron chi connectivity index (χ4n) is 1.17. The lowest BCUT2D eigenvalue weighted by atomic mass is 10.1. The van der Waals surface area contributed by atoms with Crippen LogP contribution in [0.2, 0.25) is 5.15 Å². The third kappa shape index (κ3) is 4.61. The average Bonchev–Trinajstić information content (AvgIpc) is 2.15. The molecule has 1 heterocycles. The van der Waals surface area contributed by atoms with E-state index in [1.54, 1.807) is 0 Å². The number of rotatable bonds is 4. The van der Waals surface area contributed by atoms with Crippen LogP contribution >= 0.6 is 11.6 Å². The zero-order chi connectivity index (χ0) is 12.2. The minimum Gasteiger partial charge on any atom is -0.294 e. The summed E-state index contributed by atoms with van der Waals surface area (Å²) in [6.07, 6.45) is -4.16. The smallest absolute Gasteiger partial charge is 0.294 e. The lowest BCUT2D eigenvalue weighted by molar-refractivity contribution is -0.135. The summed E-state index contributed by atoms with van der Waals surface area (Å²) in [5.41, 5.74) is 0.294. The molecule has 1 aromatic heterocycles. The molecule has 0 spiro atoms. The van der Waals surface area contributed by atoms with Crippen molar-refractivity contribution in [3.8, 4) is 0 Å². The van der Waals surface area contributed by atoms with Crippen molar-refractivity contribution in [1.29, 1.82) is 0 Å². The monoisotopic (exact) mass is 251 g/mol. The van der Waals surface area contributed by atoms with Gasteiger partial charge in [0.15, 0.2) is 5.78 Å². The maximum atomic E-state index is 11.8. The molecule has 0 atom stereocenters. The molecule has 0 aliphatic carbocycles. The van der Waals surface area contributed by atoms with Gasteiger partial charge in [-0.3, -0.25) is 4.79 Å². The van der Waals surface area contributed by atoms with Gasteiger partial charge in [-0.25, -0.2) is 4.98 Å². The van der Waals surface area contributed by atoms with E-state index in [-0.39, 0.29) is 23.8 Å². The van der Waals surface area contributed by atoms with E-state index in [9.17, 15) is 18.0 Å². The third-order valence-corrected chi connectivity index (χ3v) is 2.12. The van der Waals surface area contributed by atoms with E-state index in [1.807, 2.05) is 0 Å². The predicted octanol–water partition coefficient (Wildman–Crippen LogP) is 3.65. The summed E-state index contributed by atoms with van der Waals surface area (Å²) in [5.74, 6) is -0.353. The number of hydrogen-bond acceptors (Lipinski definition) is 2. The molecule has 16 heavy (non-hydrogen) atoms. The lowest BCUT2D eigenvalue weighted by Gasteiger charge is -2.05. The van der Waals surface area contributed by atoms with Gasteiger partial charge in [0.2, 0.25) is 0 Å². The van der Waals surface area contributed by atoms with Crippen LogP contribution in [0.1, 0.15) is 29.6 Å². The maximum absolute atomic E-state index is 11.8. The van der Waals surface area contributed by atoms with Gasteiger partial charge in [-0.1, -0.05) is 11.6 Å². The highest BCUT2D eigenvalue weighted by atomic mass is 35.5.